The standard InChI is InChI=1S/C18H13F4N3O3/c1-10-24-14-5-3-2-4-13(14)16(26)25(10)23-9-11-6-7-12(27-17(19)20)8-15(11)28-18(21)22/h2-9,17-18H,1H3. The summed E-state index contributed by atoms with van der Waals surface area (Å²) < 4.78 is 59.4. The lowest BCUT2D eigenvalue weighted by Crippen LogP contribution is -2.20. The fourth-order valence-corrected chi connectivity index (χ4v) is 2.49. The van der Waals surface area contributed by atoms with Crippen molar-refractivity contribution >= 4 is 17.1 Å². The Morgan fingerprint density at radius 2 is 1.79 bits per heavy atom. The van der Waals surface area contributed by atoms with E-state index in [1.165, 1.54) is 6.07 Å². The average Bonchev–Trinajstić information content (AvgIpc) is 2.62. The molecular formula is C18H13F4N3O3. The molecule has 0 aliphatic heterocycles. The number of rotatable bonds is 6. The SMILES string of the molecule is Cc1nc2ccccc2c(=O)n1N=Cc1ccc(OC(F)F)cc1OC(F)F. The van der Waals surface area contributed by atoms with Crippen LogP contribution in [0.15, 0.2) is 52.4 Å². The van der Waals surface area contributed by atoms with Gasteiger partial charge in [0.05, 0.1) is 17.1 Å². The Balaban J connectivity index is 2.02. The average molecular weight is 395 g/mol. The third kappa shape index (κ3) is 4.27. The van der Waals surface area contributed by atoms with Crippen molar-refractivity contribution in [2.75, 3.05) is 0 Å². The summed E-state index contributed by atoms with van der Waals surface area (Å²) in [6.07, 6.45) is 1.09. The van der Waals surface area contributed by atoms with Gasteiger partial charge < -0.3 is 9.47 Å². The molecule has 0 aliphatic rings. The zero-order valence-electron chi connectivity index (χ0n) is 14.4. The first-order valence-electron chi connectivity index (χ1n) is 7.91. The number of aryl methyl sites for hydroxylation is 1. The van der Waals surface area contributed by atoms with Gasteiger partial charge in [0.15, 0.2) is 0 Å². The normalized spacial score (nSPS) is 11.7. The predicted octanol–water partition coefficient (Wildman–Crippen LogP) is 3.79. The summed E-state index contributed by atoms with van der Waals surface area (Å²) in [5, 5.41) is 4.32. The molecule has 146 valence electrons. The van der Waals surface area contributed by atoms with Gasteiger partial charge in [0, 0.05) is 11.6 Å². The minimum Gasteiger partial charge on any atom is -0.435 e. The Morgan fingerprint density at radius 1 is 1.07 bits per heavy atom. The van der Waals surface area contributed by atoms with Crippen molar-refractivity contribution < 1.29 is 27.0 Å². The molecule has 0 radical (unpaired) electrons. The smallest absolute Gasteiger partial charge is 0.387 e. The molecule has 28 heavy (non-hydrogen) atoms. The van der Waals surface area contributed by atoms with E-state index in [2.05, 4.69) is 19.6 Å². The maximum absolute atomic E-state index is 12.6. The molecule has 0 N–H and O–H groups in total. The van der Waals surface area contributed by atoms with Crippen LogP contribution in [0.5, 0.6) is 11.5 Å². The van der Waals surface area contributed by atoms with E-state index in [9.17, 15) is 22.4 Å². The molecule has 0 spiro atoms. The highest BCUT2D eigenvalue weighted by molar-refractivity contribution is 5.84. The van der Waals surface area contributed by atoms with Gasteiger partial charge in [-0.05, 0) is 31.2 Å². The summed E-state index contributed by atoms with van der Waals surface area (Å²) >= 11 is 0. The maximum Gasteiger partial charge on any atom is 0.387 e. The van der Waals surface area contributed by atoms with Gasteiger partial charge in [0.1, 0.15) is 17.3 Å². The molecule has 1 aromatic heterocycles. The third-order valence-corrected chi connectivity index (χ3v) is 3.65. The summed E-state index contributed by atoms with van der Waals surface area (Å²) in [4.78, 5) is 16.8. The molecule has 0 amide bonds. The lowest BCUT2D eigenvalue weighted by atomic mass is 10.2. The number of hydrogen-bond donors (Lipinski definition) is 0. The first-order valence-corrected chi connectivity index (χ1v) is 7.91. The Bertz CT molecular complexity index is 1080. The van der Waals surface area contributed by atoms with Crippen molar-refractivity contribution in [3.63, 3.8) is 0 Å². The second-order valence-corrected chi connectivity index (χ2v) is 5.49. The number of hydrogen-bond acceptors (Lipinski definition) is 5. The quantitative estimate of drug-likeness (QED) is 0.471. The van der Waals surface area contributed by atoms with E-state index >= 15 is 0 Å². The van der Waals surface area contributed by atoms with Crippen LogP contribution >= 0.6 is 0 Å². The number of para-hydroxylation sites is 1. The molecule has 1 heterocycles. The molecule has 3 aromatic rings. The van der Waals surface area contributed by atoms with Crippen molar-refractivity contribution in [2.24, 2.45) is 5.10 Å². The van der Waals surface area contributed by atoms with Gasteiger partial charge >= 0.3 is 13.2 Å². The number of fused-ring (bicyclic) bond motifs is 1. The maximum atomic E-state index is 12.6. The molecular weight excluding hydrogens is 382 g/mol. The summed E-state index contributed by atoms with van der Waals surface area (Å²) in [5.74, 6) is -0.520. The molecule has 0 saturated carbocycles. The predicted molar refractivity (Wildman–Crippen MR) is 93.4 cm³/mol. The molecule has 0 saturated heterocycles. The molecule has 0 bridgehead atoms. The van der Waals surface area contributed by atoms with Crippen LogP contribution in [0.2, 0.25) is 0 Å². The fourth-order valence-electron chi connectivity index (χ4n) is 2.49. The van der Waals surface area contributed by atoms with Crippen LogP contribution in [0.1, 0.15) is 11.4 Å². The number of halogens is 4. The van der Waals surface area contributed by atoms with E-state index in [-0.39, 0.29) is 17.1 Å². The van der Waals surface area contributed by atoms with Gasteiger partial charge in [-0.3, -0.25) is 4.79 Å². The van der Waals surface area contributed by atoms with Crippen LogP contribution in [0, 0.1) is 6.92 Å². The molecule has 3 rings (SSSR count). The Hall–Kier alpha value is -3.43. The Morgan fingerprint density at radius 3 is 2.50 bits per heavy atom. The van der Waals surface area contributed by atoms with Gasteiger partial charge in [0.2, 0.25) is 0 Å². The molecule has 0 fully saturated rings. The van der Waals surface area contributed by atoms with Gasteiger partial charge in [-0.15, -0.1) is 0 Å². The van der Waals surface area contributed by atoms with Crippen molar-refractivity contribution in [3.05, 3.63) is 64.2 Å². The molecule has 0 aliphatic carbocycles. The van der Waals surface area contributed by atoms with Gasteiger partial charge in [-0.1, -0.05) is 12.1 Å². The van der Waals surface area contributed by atoms with Crippen LogP contribution in [-0.4, -0.2) is 29.1 Å². The van der Waals surface area contributed by atoms with Crippen LogP contribution < -0.4 is 15.0 Å². The highest BCUT2D eigenvalue weighted by Gasteiger charge is 2.13. The van der Waals surface area contributed by atoms with Crippen LogP contribution in [-0.2, 0) is 0 Å². The van der Waals surface area contributed by atoms with Gasteiger partial charge in [0.25, 0.3) is 5.56 Å². The first-order chi connectivity index (χ1) is 13.3. The van der Waals surface area contributed by atoms with Gasteiger partial charge in [-0.25, -0.2) is 4.98 Å². The number of benzene rings is 2. The first kappa shape index (κ1) is 19.3. The van der Waals surface area contributed by atoms with Crippen LogP contribution in [0.3, 0.4) is 0 Å². The van der Waals surface area contributed by atoms with Crippen molar-refractivity contribution in [1.29, 1.82) is 0 Å². The Kier molecular flexibility index (Phi) is 5.57. The van der Waals surface area contributed by atoms with E-state index in [1.807, 2.05) is 0 Å². The lowest BCUT2D eigenvalue weighted by molar-refractivity contribution is -0.0543. The Labute approximate surface area is 155 Å². The zero-order chi connectivity index (χ0) is 20.3. The van der Waals surface area contributed by atoms with Crippen LogP contribution in [0.4, 0.5) is 17.6 Å². The third-order valence-electron chi connectivity index (χ3n) is 3.65. The van der Waals surface area contributed by atoms with Gasteiger partial charge in [-0.2, -0.15) is 27.3 Å². The number of nitrogens with zero attached hydrogens (tertiary/aromatic N) is 3. The van der Waals surface area contributed by atoms with E-state index in [0.29, 0.717) is 10.9 Å². The van der Waals surface area contributed by atoms with E-state index in [0.717, 1.165) is 23.0 Å². The topological polar surface area (TPSA) is 65.7 Å². The van der Waals surface area contributed by atoms with Crippen LogP contribution in [0.25, 0.3) is 10.9 Å². The largest absolute Gasteiger partial charge is 0.435 e. The minimum atomic E-state index is -3.19. The number of alkyl halides is 4. The lowest BCUT2D eigenvalue weighted by Gasteiger charge is -2.11. The van der Waals surface area contributed by atoms with Crippen molar-refractivity contribution in [1.82, 2.24) is 9.66 Å². The van der Waals surface area contributed by atoms with E-state index in [1.54, 1.807) is 31.2 Å². The summed E-state index contributed by atoms with van der Waals surface area (Å²) in [6.45, 7) is -4.76. The molecule has 2 aromatic carbocycles. The second-order valence-electron chi connectivity index (χ2n) is 5.49. The molecule has 0 atom stereocenters. The fraction of sp³-hybridized carbons (Fsp3) is 0.167. The summed E-state index contributed by atoms with van der Waals surface area (Å²) in [7, 11) is 0. The second kappa shape index (κ2) is 8.07. The van der Waals surface area contributed by atoms with Crippen molar-refractivity contribution in [2.45, 2.75) is 20.1 Å². The van der Waals surface area contributed by atoms with E-state index < -0.39 is 24.5 Å². The summed E-state index contributed by atoms with van der Waals surface area (Å²) in [5.41, 5.74) is 0.0707. The monoisotopic (exact) mass is 395 g/mol. The highest BCUT2D eigenvalue weighted by atomic mass is 19.3. The highest BCUT2D eigenvalue weighted by Crippen LogP contribution is 2.26. The number of aromatic nitrogens is 2. The van der Waals surface area contributed by atoms with E-state index in [4.69, 9.17) is 0 Å². The molecule has 10 heteroatoms. The molecule has 0 unspecified atom stereocenters. The zero-order valence-corrected chi connectivity index (χ0v) is 14.4. The summed E-state index contributed by atoms with van der Waals surface area (Å²) in [6, 6.07) is 9.89. The molecule has 6 nitrogen and oxygen atoms in total. The number of ether oxygens (including phenoxy) is 2. The minimum absolute atomic E-state index is 0.0291. The van der Waals surface area contributed by atoms with Crippen molar-refractivity contribution in [3.8, 4) is 11.5 Å².